The summed E-state index contributed by atoms with van der Waals surface area (Å²) >= 11 is 0. The number of hydrogen-bond acceptors (Lipinski definition) is 2. The maximum Gasteiger partial charge on any atom is 0.418 e. The summed E-state index contributed by atoms with van der Waals surface area (Å²) in [5.74, 6) is 0.625. The Bertz CT molecular complexity index is 445. The summed E-state index contributed by atoms with van der Waals surface area (Å²) in [6.45, 7) is 2.07. The van der Waals surface area contributed by atoms with Gasteiger partial charge in [0.05, 0.1) is 12.7 Å². The number of benzene rings is 1. The van der Waals surface area contributed by atoms with Gasteiger partial charge >= 0.3 is 6.18 Å². The molecule has 0 bridgehead atoms. The summed E-state index contributed by atoms with van der Waals surface area (Å²) in [6, 6.07) is 4.17. The fourth-order valence-electron chi connectivity index (χ4n) is 2.57. The molecule has 0 radical (unpaired) electrons. The molecule has 0 amide bonds. The van der Waals surface area contributed by atoms with Gasteiger partial charge in [0.25, 0.3) is 0 Å². The Labute approximate surface area is 111 Å². The van der Waals surface area contributed by atoms with E-state index in [0.717, 1.165) is 25.3 Å². The molecule has 2 rings (SSSR count). The highest BCUT2D eigenvalue weighted by Gasteiger charge is 2.35. The molecule has 106 valence electrons. The van der Waals surface area contributed by atoms with Gasteiger partial charge < -0.3 is 10.1 Å². The van der Waals surface area contributed by atoms with Gasteiger partial charge in [-0.05, 0) is 37.0 Å². The molecule has 1 fully saturated rings. The molecule has 2 unspecified atom stereocenters. The van der Waals surface area contributed by atoms with Gasteiger partial charge in [-0.25, -0.2) is 0 Å². The molecule has 2 atom stereocenters. The third-order valence-electron chi connectivity index (χ3n) is 3.73. The number of rotatable bonds is 3. The summed E-state index contributed by atoms with van der Waals surface area (Å²) < 4.78 is 44.0. The number of ether oxygens (including phenoxy) is 1. The summed E-state index contributed by atoms with van der Waals surface area (Å²) in [6.07, 6.45) is -1.32. The van der Waals surface area contributed by atoms with Crippen molar-refractivity contribution < 1.29 is 17.9 Å². The van der Waals surface area contributed by atoms with Gasteiger partial charge in [-0.15, -0.1) is 0 Å². The SMILES string of the molecule is COc1ccc(NC2CCCC2C)c(C(F)(F)F)c1. The summed E-state index contributed by atoms with van der Waals surface area (Å²) in [4.78, 5) is 0. The van der Waals surface area contributed by atoms with E-state index in [1.54, 1.807) is 6.07 Å². The molecular formula is C14H18F3NO. The van der Waals surface area contributed by atoms with Gasteiger partial charge in [0.15, 0.2) is 0 Å². The van der Waals surface area contributed by atoms with E-state index in [9.17, 15) is 13.2 Å². The number of anilines is 1. The lowest BCUT2D eigenvalue weighted by atomic mass is 10.0. The van der Waals surface area contributed by atoms with Gasteiger partial charge in [-0.3, -0.25) is 0 Å². The van der Waals surface area contributed by atoms with Crippen LogP contribution in [-0.4, -0.2) is 13.2 Å². The van der Waals surface area contributed by atoms with E-state index < -0.39 is 11.7 Å². The van der Waals surface area contributed by atoms with E-state index in [-0.39, 0.29) is 17.5 Å². The number of halogens is 3. The summed E-state index contributed by atoms with van der Waals surface area (Å²) in [5, 5.41) is 3.04. The van der Waals surface area contributed by atoms with E-state index in [1.807, 2.05) is 0 Å². The smallest absolute Gasteiger partial charge is 0.418 e. The Balaban J connectivity index is 2.28. The molecule has 1 saturated carbocycles. The molecule has 1 N–H and O–H groups in total. The number of nitrogens with one attached hydrogen (secondary N) is 1. The molecule has 19 heavy (non-hydrogen) atoms. The van der Waals surface area contributed by atoms with Crippen LogP contribution in [0.2, 0.25) is 0 Å². The van der Waals surface area contributed by atoms with Gasteiger partial charge in [0.1, 0.15) is 5.75 Å². The molecule has 2 nitrogen and oxygen atoms in total. The van der Waals surface area contributed by atoms with Crippen LogP contribution in [0.5, 0.6) is 5.75 Å². The first-order valence-electron chi connectivity index (χ1n) is 6.43. The average Bonchev–Trinajstić information content (AvgIpc) is 2.74. The van der Waals surface area contributed by atoms with Crippen molar-refractivity contribution >= 4 is 5.69 Å². The maximum absolute atomic E-state index is 13.0. The van der Waals surface area contributed by atoms with Gasteiger partial charge in [0.2, 0.25) is 0 Å². The second-order valence-corrected chi connectivity index (χ2v) is 5.07. The van der Waals surface area contributed by atoms with Crippen LogP contribution in [-0.2, 0) is 6.18 Å². The van der Waals surface area contributed by atoms with Gasteiger partial charge in [-0.1, -0.05) is 13.3 Å². The minimum atomic E-state index is -4.38. The van der Waals surface area contributed by atoms with Crippen molar-refractivity contribution in [1.29, 1.82) is 0 Å². The lowest BCUT2D eigenvalue weighted by Gasteiger charge is -2.22. The van der Waals surface area contributed by atoms with Gasteiger partial charge in [-0.2, -0.15) is 13.2 Å². The second-order valence-electron chi connectivity index (χ2n) is 5.07. The first-order valence-corrected chi connectivity index (χ1v) is 6.43. The molecule has 0 saturated heterocycles. The standard InChI is InChI=1S/C14H18F3NO/c1-9-4-3-5-12(9)18-13-7-6-10(19-2)8-11(13)14(15,16)17/h6-9,12,18H,3-5H2,1-2H3. The monoisotopic (exact) mass is 273 g/mol. The fourth-order valence-corrected chi connectivity index (χ4v) is 2.57. The zero-order chi connectivity index (χ0) is 14.0. The highest BCUT2D eigenvalue weighted by Crippen LogP contribution is 2.39. The average molecular weight is 273 g/mol. The molecule has 1 aromatic carbocycles. The molecule has 0 spiro atoms. The molecule has 1 aliphatic rings. The molecule has 1 aliphatic carbocycles. The van der Waals surface area contributed by atoms with E-state index in [2.05, 4.69) is 12.2 Å². The molecule has 0 heterocycles. The highest BCUT2D eigenvalue weighted by molar-refractivity contribution is 5.56. The zero-order valence-corrected chi connectivity index (χ0v) is 11.1. The van der Waals surface area contributed by atoms with E-state index in [4.69, 9.17) is 4.74 Å². The molecule has 0 aliphatic heterocycles. The topological polar surface area (TPSA) is 21.3 Å². The number of methoxy groups -OCH3 is 1. The Morgan fingerprint density at radius 3 is 2.53 bits per heavy atom. The van der Waals surface area contributed by atoms with Crippen LogP contribution in [0.3, 0.4) is 0 Å². The quantitative estimate of drug-likeness (QED) is 0.885. The molecule has 5 heteroatoms. The largest absolute Gasteiger partial charge is 0.497 e. The van der Waals surface area contributed by atoms with Crippen LogP contribution in [0.4, 0.5) is 18.9 Å². The third-order valence-corrected chi connectivity index (χ3v) is 3.73. The maximum atomic E-state index is 13.0. The lowest BCUT2D eigenvalue weighted by molar-refractivity contribution is -0.137. The minimum absolute atomic E-state index is 0.120. The number of hydrogen-bond donors (Lipinski definition) is 1. The van der Waals surface area contributed by atoms with Crippen LogP contribution in [0.25, 0.3) is 0 Å². The molecule has 1 aromatic rings. The van der Waals surface area contributed by atoms with Crippen molar-refractivity contribution in [3.63, 3.8) is 0 Å². The Morgan fingerprint density at radius 1 is 1.26 bits per heavy atom. The van der Waals surface area contributed by atoms with E-state index in [1.165, 1.54) is 13.2 Å². The van der Waals surface area contributed by atoms with Crippen molar-refractivity contribution in [3.05, 3.63) is 23.8 Å². The number of alkyl halides is 3. The first kappa shape index (κ1) is 14.0. The predicted molar refractivity (Wildman–Crippen MR) is 68.4 cm³/mol. The van der Waals surface area contributed by atoms with E-state index >= 15 is 0 Å². The highest BCUT2D eigenvalue weighted by atomic mass is 19.4. The third kappa shape index (κ3) is 3.14. The van der Waals surface area contributed by atoms with E-state index in [0.29, 0.717) is 5.92 Å². The normalized spacial score (nSPS) is 23.4. The van der Waals surface area contributed by atoms with Crippen molar-refractivity contribution in [2.75, 3.05) is 12.4 Å². The van der Waals surface area contributed by atoms with Crippen molar-refractivity contribution in [1.82, 2.24) is 0 Å². The zero-order valence-electron chi connectivity index (χ0n) is 11.1. The Morgan fingerprint density at radius 2 is 2.00 bits per heavy atom. The predicted octanol–water partition coefficient (Wildman–Crippen LogP) is 4.31. The molecule has 0 aromatic heterocycles. The molecular weight excluding hydrogens is 255 g/mol. The minimum Gasteiger partial charge on any atom is -0.497 e. The summed E-state index contributed by atoms with van der Waals surface area (Å²) in [7, 11) is 1.36. The first-order chi connectivity index (χ1) is 8.91. The van der Waals surface area contributed by atoms with Gasteiger partial charge in [0, 0.05) is 11.7 Å². The van der Waals surface area contributed by atoms with Crippen LogP contribution in [0, 0.1) is 5.92 Å². The lowest BCUT2D eigenvalue weighted by Crippen LogP contribution is -2.23. The van der Waals surface area contributed by atoms with Crippen molar-refractivity contribution in [2.24, 2.45) is 5.92 Å². The van der Waals surface area contributed by atoms with Crippen LogP contribution >= 0.6 is 0 Å². The van der Waals surface area contributed by atoms with Crippen LogP contribution in [0.15, 0.2) is 18.2 Å². The van der Waals surface area contributed by atoms with Crippen LogP contribution in [0.1, 0.15) is 31.7 Å². The second kappa shape index (κ2) is 5.31. The Kier molecular flexibility index (Phi) is 3.92. The fraction of sp³-hybridized carbons (Fsp3) is 0.571. The van der Waals surface area contributed by atoms with Crippen LogP contribution < -0.4 is 10.1 Å². The van der Waals surface area contributed by atoms with Crippen molar-refractivity contribution in [3.8, 4) is 5.75 Å². The summed E-state index contributed by atoms with van der Waals surface area (Å²) in [5.41, 5.74) is -0.516. The van der Waals surface area contributed by atoms with Crippen molar-refractivity contribution in [2.45, 2.75) is 38.4 Å². The Hall–Kier alpha value is -1.39.